The van der Waals surface area contributed by atoms with Gasteiger partial charge in [-0.1, -0.05) is 54.6 Å². The van der Waals surface area contributed by atoms with Crippen molar-refractivity contribution in [1.82, 2.24) is 4.90 Å². The Kier molecular flexibility index (Phi) is 5.47. The summed E-state index contributed by atoms with van der Waals surface area (Å²) in [4.78, 5) is 2.21. The normalized spacial score (nSPS) is 16.6. The van der Waals surface area contributed by atoms with Crippen LogP contribution in [-0.2, 0) is 19.6 Å². The standard InChI is InChI=1S/C25H27NO2/c1-18-21(9-6-10-25(18)19-7-4-3-5-8-19)17-28-24-12-11-20-13-23(16-27)26(2)15-22(20)14-24/h3-12,14,23,27H,13,15-17H2,1-2H3/t23-/m0/s1. The van der Waals surface area contributed by atoms with Gasteiger partial charge in [0.1, 0.15) is 12.4 Å². The van der Waals surface area contributed by atoms with Gasteiger partial charge in [0.05, 0.1) is 6.61 Å². The Balaban J connectivity index is 1.51. The van der Waals surface area contributed by atoms with Crippen LogP contribution >= 0.6 is 0 Å². The van der Waals surface area contributed by atoms with Gasteiger partial charge in [0, 0.05) is 12.6 Å². The van der Waals surface area contributed by atoms with Gasteiger partial charge >= 0.3 is 0 Å². The molecule has 28 heavy (non-hydrogen) atoms. The predicted molar refractivity (Wildman–Crippen MR) is 113 cm³/mol. The third kappa shape index (κ3) is 3.82. The average molecular weight is 373 g/mol. The average Bonchev–Trinajstić information content (AvgIpc) is 2.73. The molecule has 1 atom stereocenters. The van der Waals surface area contributed by atoms with E-state index in [1.807, 2.05) is 6.07 Å². The number of nitrogens with zero attached hydrogens (tertiary/aromatic N) is 1. The van der Waals surface area contributed by atoms with Gasteiger partial charge in [0.25, 0.3) is 0 Å². The maximum absolute atomic E-state index is 9.52. The summed E-state index contributed by atoms with van der Waals surface area (Å²) in [7, 11) is 2.07. The highest BCUT2D eigenvalue weighted by atomic mass is 16.5. The molecule has 0 fully saturated rings. The molecular weight excluding hydrogens is 346 g/mol. The lowest BCUT2D eigenvalue weighted by Gasteiger charge is -2.33. The molecule has 144 valence electrons. The van der Waals surface area contributed by atoms with Gasteiger partial charge in [-0.2, -0.15) is 0 Å². The molecule has 1 N–H and O–H groups in total. The van der Waals surface area contributed by atoms with Crippen LogP contribution in [0.3, 0.4) is 0 Å². The zero-order chi connectivity index (χ0) is 19.5. The maximum atomic E-state index is 9.52. The second kappa shape index (κ2) is 8.17. The molecule has 0 aromatic heterocycles. The molecule has 0 aliphatic carbocycles. The largest absolute Gasteiger partial charge is 0.489 e. The second-order valence-corrected chi connectivity index (χ2v) is 7.63. The lowest BCUT2D eigenvalue weighted by molar-refractivity contribution is 0.131. The Hall–Kier alpha value is -2.62. The van der Waals surface area contributed by atoms with Gasteiger partial charge in [-0.25, -0.2) is 0 Å². The summed E-state index contributed by atoms with van der Waals surface area (Å²) < 4.78 is 6.15. The van der Waals surface area contributed by atoms with Crippen molar-refractivity contribution in [1.29, 1.82) is 0 Å². The zero-order valence-corrected chi connectivity index (χ0v) is 16.6. The summed E-state index contributed by atoms with van der Waals surface area (Å²) >= 11 is 0. The minimum Gasteiger partial charge on any atom is -0.489 e. The quantitative estimate of drug-likeness (QED) is 0.710. The molecule has 3 nitrogen and oxygen atoms in total. The van der Waals surface area contributed by atoms with Gasteiger partial charge in [-0.15, -0.1) is 0 Å². The first-order valence-electron chi connectivity index (χ1n) is 9.85. The maximum Gasteiger partial charge on any atom is 0.120 e. The fraction of sp³-hybridized carbons (Fsp3) is 0.280. The van der Waals surface area contributed by atoms with Crippen LogP contribution in [0.5, 0.6) is 5.75 Å². The van der Waals surface area contributed by atoms with E-state index in [1.54, 1.807) is 0 Å². The Bertz CT molecular complexity index is 952. The number of benzene rings is 3. The SMILES string of the molecule is Cc1c(COc2ccc3c(c2)CN(C)[C@H](CO)C3)cccc1-c1ccccc1. The molecular formula is C25H27NO2. The molecule has 1 aliphatic heterocycles. The molecule has 0 saturated heterocycles. The van der Waals surface area contributed by atoms with Gasteiger partial charge in [-0.3, -0.25) is 4.90 Å². The van der Waals surface area contributed by atoms with Crippen LogP contribution in [0.25, 0.3) is 11.1 Å². The lowest BCUT2D eigenvalue weighted by Crippen LogP contribution is -2.39. The molecule has 0 amide bonds. The summed E-state index contributed by atoms with van der Waals surface area (Å²) in [6.45, 7) is 3.77. The third-order valence-electron chi connectivity index (χ3n) is 5.81. The van der Waals surface area contributed by atoms with Gasteiger partial charge < -0.3 is 9.84 Å². The van der Waals surface area contributed by atoms with E-state index in [-0.39, 0.29) is 12.6 Å². The van der Waals surface area contributed by atoms with Crippen LogP contribution in [0, 0.1) is 6.92 Å². The van der Waals surface area contributed by atoms with Crippen molar-refractivity contribution < 1.29 is 9.84 Å². The Labute approximate surface area is 167 Å². The van der Waals surface area contributed by atoms with E-state index < -0.39 is 0 Å². The van der Waals surface area contributed by atoms with E-state index in [0.717, 1.165) is 18.7 Å². The Morgan fingerprint density at radius 3 is 2.61 bits per heavy atom. The Morgan fingerprint density at radius 2 is 1.82 bits per heavy atom. The highest BCUT2D eigenvalue weighted by molar-refractivity contribution is 5.68. The number of fused-ring (bicyclic) bond motifs is 1. The molecule has 0 bridgehead atoms. The van der Waals surface area contributed by atoms with E-state index in [0.29, 0.717) is 6.61 Å². The van der Waals surface area contributed by atoms with Crippen molar-refractivity contribution in [2.45, 2.75) is 32.5 Å². The van der Waals surface area contributed by atoms with Crippen molar-refractivity contribution in [3.63, 3.8) is 0 Å². The highest BCUT2D eigenvalue weighted by Crippen LogP contribution is 2.28. The molecule has 1 aliphatic rings. The van der Waals surface area contributed by atoms with Crippen LogP contribution in [0.1, 0.15) is 22.3 Å². The van der Waals surface area contributed by atoms with Crippen LogP contribution in [0.2, 0.25) is 0 Å². The third-order valence-corrected chi connectivity index (χ3v) is 5.81. The number of aliphatic hydroxyl groups is 1. The van der Waals surface area contributed by atoms with Crippen molar-refractivity contribution in [3.8, 4) is 16.9 Å². The number of likely N-dealkylation sites (N-methyl/N-ethyl adjacent to an activating group) is 1. The van der Waals surface area contributed by atoms with E-state index in [9.17, 15) is 5.11 Å². The van der Waals surface area contributed by atoms with E-state index in [4.69, 9.17) is 4.74 Å². The smallest absolute Gasteiger partial charge is 0.120 e. The van der Waals surface area contributed by atoms with E-state index in [2.05, 4.69) is 79.5 Å². The van der Waals surface area contributed by atoms with Crippen molar-refractivity contribution in [2.75, 3.05) is 13.7 Å². The first kappa shape index (κ1) is 18.7. The van der Waals surface area contributed by atoms with Crippen molar-refractivity contribution in [2.24, 2.45) is 0 Å². The zero-order valence-electron chi connectivity index (χ0n) is 16.6. The van der Waals surface area contributed by atoms with Crippen LogP contribution in [0.4, 0.5) is 0 Å². The van der Waals surface area contributed by atoms with E-state index in [1.165, 1.54) is 33.4 Å². The molecule has 4 rings (SSSR count). The van der Waals surface area contributed by atoms with Crippen molar-refractivity contribution in [3.05, 3.63) is 89.0 Å². The number of hydrogen-bond acceptors (Lipinski definition) is 3. The van der Waals surface area contributed by atoms with Gasteiger partial charge in [0.15, 0.2) is 0 Å². The minimum absolute atomic E-state index is 0.200. The summed E-state index contributed by atoms with van der Waals surface area (Å²) in [5.74, 6) is 0.902. The molecule has 0 unspecified atom stereocenters. The van der Waals surface area contributed by atoms with E-state index >= 15 is 0 Å². The summed E-state index contributed by atoms with van der Waals surface area (Å²) in [6.07, 6.45) is 0.890. The van der Waals surface area contributed by atoms with Gasteiger partial charge in [-0.05, 0) is 65.9 Å². The lowest BCUT2D eigenvalue weighted by atomic mass is 9.94. The van der Waals surface area contributed by atoms with Crippen LogP contribution in [0.15, 0.2) is 66.7 Å². The molecule has 3 aromatic rings. The summed E-state index contributed by atoms with van der Waals surface area (Å²) in [5.41, 5.74) is 7.56. The predicted octanol–water partition coefficient (Wildman–Crippen LogP) is 4.59. The molecule has 1 heterocycles. The minimum atomic E-state index is 0.200. The molecule has 0 saturated carbocycles. The molecule has 3 heteroatoms. The monoisotopic (exact) mass is 373 g/mol. The van der Waals surface area contributed by atoms with Gasteiger partial charge in [0.2, 0.25) is 0 Å². The molecule has 0 spiro atoms. The summed E-state index contributed by atoms with van der Waals surface area (Å²) in [5, 5.41) is 9.52. The fourth-order valence-corrected chi connectivity index (χ4v) is 3.98. The number of aliphatic hydroxyl groups excluding tert-OH is 1. The number of hydrogen-bond donors (Lipinski definition) is 1. The van der Waals surface area contributed by atoms with Crippen molar-refractivity contribution >= 4 is 0 Å². The topological polar surface area (TPSA) is 32.7 Å². The Morgan fingerprint density at radius 1 is 1.00 bits per heavy atom. The first-order chi connectivity index (χ1) is 13.7. The molecule has 3 aromatic carbocycles. The summed E-state index contributed by atoms with van der Waals surface area (Å²) in [6, 6.07) is 23.4. The highest BCUT2D eigenvalue weighted by Gasteiger charge is 2.22. The molecule has 0 radical (unpaired) electrons. The van der Waals surface area contributed by atoms with Crippen LogP contribution < -0.4 is 4.74 Å². The first-order valence-corrected chi connectivity index (χ1v) is 9.85. The second-order valence-electron chi connectivity index (χ2n) is 7.63. The number of ether oxygens (including phenoxy) is 1. The van der Waals surface area contributed by atoms with Crippen LogP contribution in [-0.4, -0.2) is 29.7 Å². The fourth-order valence-electron chi connectivity index (χ4n) is 3.98. The number of rotatable bonds is 5.